The van der Waals surface area contributed by atoms with Gasteiger partial charge in [-0.3, -0.25) is 4.79 Å². The molecule has 6 heteroatoms. The third-order valence-corrected chi connectivity index (χ3v) is 6.78. The summed E-state index contributed by atoms with van der Waals surface area (Å²) in [6.07, 6.45) is 2.12. The van der Waals surface area contributed by atoms with Gasteiger partial charge in [0.1, 0.15) is 0 Å². The fraction of sp³-hybridized carbons (Fsp3) is 0.364. The number of carbonyl (C=O) groups excluding carboxylic acids is 1. The third-order valence-electron chi connectivity index (χ3n) is 5.34. The van der Waals surface area contributed by atoms with Crippen LogP contribution in [-0.4, -0.2) is 35.4 Å². The maximum absolute atomic E-state index is 12.8. The van der Waals surface area contributed by atoms with Crippen molar-refractivity contribution in [2.24, 2.45) is 0 Å². The van der Waals surface area contributed by atoms with Crippen molar-refractivity contribution in [2.45, 2.75) is 31.7 Å². The van der Waals surface area contributed by atoms with E-state index in [2.05, 4.69) is 24.4 Å². The van der Waals surface area contributed by atoms with Crippen LogP contribution in [0.2, 0.25) is 5.02 Å². The van der Waals surface area contributed by atoms with E-state index < -0.39 is 0 Å². The molecule has 0 spiro atoms. The standard InChI is InChI=1S/C22H24ClN3OS/c1-15(16-6-4-8-18(23)12-16)24-13-21(27)26-11-5-7-17(14-26)22-25-19-9-2-3-10-20(19)28-22/h2-4,6,8-10,12,15,17,24H,5,7,11,13-14H2,1H3/t15-,17+/m1/s1. The lowest BCUT2D eigenvalue weighted by Crippen LogP contribution is -2.43. The minimum atomic E-state index is 0.0764. The normalized spacial score (nSPS) is 18.4. The highest BCUT2D eigenvalue weighted by Crippen LogP contribution is 2.33. The van der Waals surface area contributed by atoms with Crippen LogP contribution in [-0.2, 0) is 4.79 Å². The Labute approximate surface area is 174 Å². The molecule has 1 aliphatic rings. The summed E-state index contributed by atoms with van der Waals surface area (Å²) in [5.41, 5.74) is 2.15. The lowest BCUT2D eigenvalue weighted by Gasteiger charge is -2.32. The number of para-hydroxylation sites is 1. The fourth-order valence-corrected chi connectivity index (χ4v) is 5.01. The van der Waals surface area contributed by atoms with Crippen LogP contribution in [0.5, 0.6) is 0 Å². The zero-order valence-corrected chi connectivity index (χ0v) is 17.5. The second kappa shape index (κ2) is 8.60. The Bertz CT molecular complexity index is 940. The lowest BCUT2D eigenvalue weighted by atomic mass is 9.98. The summed E-state index contributed by atoms with van der Waals surface area (Å²) in [5.74, 6) is 0.486. The Morgan fingerprint density at radius 1 is 1.32 bits per heavy atom. The maximum atomic E-state index is 12.8. The van der Waals surface area contributed by atoms with Crippen molar-refractivity contribution in [2.75, 3.05) is 19.6 Å². The lowest BCUT2D eigenvalue weighted by molar-refractivity contribution is -0.131. The average Bonchev–Trinajstić information content (AvgIpc) is 3.16. The average molecular weight is 414 g/mol. The molecule has 0 saturated carbocycles. The third kappa shape index (κ3) is 4.37. The second-order valence-electron chi connectivity index (χ2n) is 7.36. The predicted octanol–water partition coefficient (Wildman–Crippen LogP) is 5.01. The van der Waals surface area contributed by atoms with E-state index in [0.717, 1.165) is 42.0 Å². The Balaban J connectivity index is 1.36. The molecule has 4 nitrogen and oxygen atoms in total. The summed E-state index contributed by atoms with van der Waals surface area (Å²) in [7, 11) is 0. The number of likely N-dealkylation sites (tertiary alicyclic amines) is 1. The van der Waals surface area contributed by atoms with Crippen LogP contribution < -0.4 is 5.32 Å². The van der Waals surface area contributed by atoms with E-state index in [9.17, 15) is 4.79 Å². The predicted molar refractivity (Wildman–Crippen MR) is 116 cm³/mol. The number of hydrogen-bond donors (Lipinski definition) is 1. The molecule has 0 aliphatic carbocycles. The number of hydrogen-bond acceptors (Lipinski definition) is 4. The molecule has 2 atom stereocenters. The highest BCUT2D eigenvalue weighted by Gasteiger charge is 2.27. The molecule has 2 heterocycles. The van der Waals surface area contributed by atoms with Gasteiger partial charge in [0, 0.05) is 30.1 Å². The quantitative estimate of drug-likeness (QED) is 0.639. The molecule has 1 N–H and O–H groups in total. The van der Waals surface area contributed by atoms with Crippen LogP contribution in [0.1, 0.15) is 42.3 Å². The number of nitrogens with zero attached hydrogens (tertiary/aromatic N) is 2. The summed E-state index contributed by atoms with van der Waals surface area (Å²) in [4.78, 5) is 19.6. The molecule has 146 valence electrons. The molecule has 0 unspecified atom stereocenters. The summed E-state index contributed by atoms with van der Waals surface area (Å²) in [5, 5.41) is 5.20. The number of fused-ring (bicyclic) bond motifs is 1. The van der Waals surface area contributed by atoms with E-state index in [1.54, 1.807) is 11.3 Å². The van der Waals surface area contributed by atoms with Gasteiger partial charge in [0.2, 0.25) is 5.91 Å². The van der Waals surface area contributed by atoms with Crippen LogP contribution in [0, 0.1) is 0 Å². The van der Waals surface area contributed by atoms with Crippen LogP contribution in [0.15, 0.2) is 48.5 Å². The summed E-state index contributed by atoms with van der Waals surface area (Å²) in [6, 6.07) is 16.1. The largest absolute Gasteiger partial charge is 0.341 e. The molecule has 2 aromatic carbocycles. The van der Waals surface area contributed by atoms with E-state index in [-0.39, 0.29) is 11.9 Å². The van der Waals surface area contributed by atoms with Crippen LogP contribution in [0.3, 0.4) is 0 Å². The molecule has 28 heavy (non-hydrogen) atoms. The van der Waals surface area contributed by atoms with Gasteiger partial charge in [-0.2, -0.15) is 0 Å². The Hall–Kier alpha value is -1.95. The summed E-state index contributed by atoms with van der Waals surface area (Å²) in [6.45, 7) is 3.97. The topological polar surface area (TPSA) is 45.2 Å². The maximum Gasteiger partial charge on any atom is 0.236 e. The first-order valence-corrected chi connectivity index (χ1v) is 10.9. The minimum absolute atomic E-state index is 0.0764. The Kier molecular flexibility index (Phi) is 5.95. The van der Waals surface area contributed by atoms with Crippen LogP contribution in [0.25, 0.3) is 10.2 Å². The molecule has 1 fully saturated rings. The molecule has 1 aliphatic heterocycles. The van der Waals surface area contributed by atoms with Crippen molar-refractivity contribution in [3.63, 3.8) is 0 Å². The number of benzene rings is 2. The number of aromatic nitrogens is 1. The van der Waals surface area contributed by atoms with Gasteiger partial charge in [0.15, 0.2) is 0 Å². The van der Waals surface area contributed by atoms with Crippen LogP contribution in [0.4, 0.5) is 0 Å². The highest BCUT2D eigenvalue weighted by molar-refractivity contribution is 7.18. The number of thiazole rings is 1. The molecule has 1 aromatic heterocycles. The molecular formula is C22H24ClN3OS. The number of halogens is 1. The molecule has 1 saturated heterocycles. The molecule has 0 bridgehead atoms. The zero-order chi connectivity index (χ0) is 19.5. The van der Waals surface area contributed by atoms with Crippen molar-refractivity contribution in [3.05, 3.63) is 64.1 Å². The first kappa shape index (κ1) is 19.4. The number of rotatable bonds is 5. The molecule has 0 radical (unpaired) electrons. The minimum Gasteiger partial charge on any atom is -0.341 e. The van der Waals surface area contributed by atoms with Gasteiger partial charge in [0.25, 0.3) is 0 Å². The van der Waals surface area contributed by atoms with Gasteiger partial charge in [-0.15, -0.1) is 11.3 Å². The van der Waals surface area contributed by atoms with Crippen molar-refractivity contribution in [1.82, 2.24) is 15.2 Å². The van der Waals surface area contributed by atoms with Gasteiger partial charge in [0.05, 0.1) is 21.8 Å². The zero-order valence-electron chi connectivity index (χ0n) is 15.9. The van der Waals surface area contributed by atoms with Crippen molar-refractivity contribution in [3.8, 4) is 0 Å². The van der Waals surface area contributed by atoms with E-state index in [0.29, 0.717) is 17.5 Å². The van der Waals surface area contributed by atoms with Gasteiger partial charge < -0.3 is 10.2 Å². The Morgan fingerprint density at radius 2 is 2.18 bits per heavy atom. The monoisotopic (exact) mass is 413 g/mol. The SMILES string of the molecule is C[C@@H](NCC(=O)N1CCC[C@H](c2nc3ccccc3s2)C1)c1cccc(Cl)c1. The van der Waals surface area contributed by atoms with E-state index in [1.807, 2.05) is 41.3 Å². The molecule has 3 aromatic rings. The molecule has 1 amide bonds. The van der Waals surface area contributed by atoms with E-state index in [4.69, 9.17) is 16.6 Å². The van der Waals surface area contributed by atoms with E-state index >= 15 is 0 Å². The van der Waals surface area contributed by atoms with Crippen LogP contribution >= 0.6 is 22.9 Å². The smallest absolute Gasteiger partial charge is 0.236 e. The Morgan fingerprint density at radius 3 is 3.00 bits per heavy atom. The second-order valence-corrected chi connectivity index (χ2v) is 8.85. The van der Waals surface area contributed by atoms with Gasteiger partial charge in [-0.25, -0.2) is 4.98 Å². The first-order valence-electron chi connectivity index (χ1n) is 9.72. The first-order chi connectivity index (χ1) is 13.6. The van der Waals surface area contributed by atoms with Gasteiger partial charge >= 0.3 is 0 Å². The molecular weight excluding hydrogens is 390 g/mol. The van der Waals surface area contributed by atoms with Crippen molar-refractivity contribution in [1.29, 1.82) is 0 Å². The highest BCUT2D eigenvalue weighted by atomic mass is 35.5. The van der Waals surface area contributed by atoms with E-state index in [1.165, 1.54) is 4.70 Å². The van der Waals surface area contributed by atoms with Crippen molar-refractivity contribution >= 4 is 39.1 Å². The van der Waals surface area contributed by atoms with Crippen molar-refractivity contribution < 1.29 is 4.79 Å². The summed E-state index contributed by atoms with van der Waals surface area (Å²) >= 11 is 7.83. The van der Waals surface area contributed by atoms with Gasteiger partial charge in [-0.1, -0.05) is 35.9 Å². The number of amides is 1. The van der Waals surface area contributed by atoms with Gasteiger partial charge in [-0.05, 0) is 49.6 Å². The number of nitrogens with one attached hydrogen (secondary N) is 1. The fourth-order valence-electron chi connectivity index (χ4n) is 3.72. The number of piperidine rings is 1. The molecule has 4 rings (SSSR count). The summed E-state index contributed by atoms with van der Waals surface area (Å²) < 4.78 is 1.22. The number of carbonyl (C=O) groups is 1.